The number of nitrogens with zero attached hydrogens (tertiary/aromatic N) is 1. The predicted octanol–water partition coefficient (Wildman–Crippen LogP) is 1.62. The molecule has 2 saturated heterocycles. The van der Waals surface area contributed by atoms with Crippen LogP contribution in [0, 0.1) is 0 Å². The average Bonchev–Trinajstić information content (AvgIpc) is 2.69. The first-order valence-electron chi connectivity index (χ1n) is 6.08. The summed E-state index contributed by atoms with van der Waals surface area (Å²) in [5.41, 5.74) is 0.116. The summed E-state index contributed by atoms with van der Waals surface area (Å²) in [6.07, 6.45) is 5.58. The van der Waals surface area contributed by atoms with Gasteiger partial charge in [0, 0.05) is 25.1 Å². The maximum atomic E-state index is 10.8. The Morgan fingerprint density at radius 1 is 1.41 bits per heavy atom. The highest BCUT2D eigenvalue weighted by atomic mass is 16.5. The van der Waals surface area contributed by atoms with Gasteiger partial charge in [-0.2, -0.15) is 0 Å². The van der Waals surface area contributed by atoms with Crippen LogP contribution in [0.2, 0.25) is 0 Å². The fraction of sp³-hybridized carbons (Fsp3) is 0.615. The van der Waals surface area contributed by atoms with Gasteiger partial charge in [0.15, 0.2) is 0 Å². The molecule has 3 rings (SSSR count). The molecule has 3 heterocycles. The molecule has 4 nitrogen and oxygen atoms in total. The molecule has 17 heavy (non-hydrogen) atoms. The number of hydrogen-bond donors (Lipinski definition) is 1. The number of rotatable bonds is 2. The van der Waals surface area contributed by atoms with Crippen molar-refractivity contribution in [3.05, 3.63) is 23.9 Å². The number of fused-ring (bicyclic) bond motifs is 2. The minimum atomic E-state index is -0.777. The molecule has 1 aromatic heterocycles. The second kappa shape index (κ2) is 3.96. The summed E-state index contributed by atoms with van der Waals surface area (Å²) in [5, 5.41) is 10.8. The third-order valence-corrected chi connectivity index (χ3v) is 3.81. The Hall–Kier alpha value is -1.13. The van der Waals surface area contributed by atoms with Gasteiger partial charge < -0.3 is 14.6 Å². The topological polar surface area (TPSA) is 51.6 Å². The summed E-state index contributed by atoms with van der Waals surface area (Å²) in [5.74, 6) is 0.551. The van der Waals surface area contributed by atoms with E-state index < -0.39 is 5.60 Å². The Kier molecular flexibility index (Phi) is 2.56. The number of hydrogen-bond acceptors (Lipinski definition) is 4. The van der Waals surface area contributed by atoms with Crippen LogP contribution in [0.3, 0.4) is 0 Å². The number of aliphatic hydroxyl groups is 1. The van der Waals surface area contributed by atoms with Crippen molar-refractivity contribution < 1.29 is 14.6 Å². The van der Waals surface area contributed by atoms with Crippen LogP contribution in [0.15, 0.2) is 18.3 Å². The largest absolute Gasteiger partial charge is 0.481 e. The Labute approximate surface area is 101 Å². The molecular formula is C13H17NO3. The Balaban J connectivity index is 1.91. The second-order valence-corrected chi connectivity index (χ2v) is 4.98. The number of ether oxygens (including phenoxy) is 2. The fourth-order valence-electron chi connectivity index (χ4n) is 2.96. The molecule has 0 aromatic carbocycles. The van der Waals surface area contributed by atoms with Crippen molar-refractivity contribution in [1.82, 2.24) is 4.98 Å². The highest BCUT2D eigenvalue weighted by molar-refractivity contribution is 5.27. The van der Waals surface area contributed by atoms with E-state index in [1.165, 1.54) is 0 Å². The minimum Gasteiger partial charge on any atom is -0.481 e. The standard InChI is InChI=1S/C13H17NO3/c1-16-12-6-9(4-5-14-12)13(15)7-10-2-3-11(8-13)17-10/h4-6,10-11,15H,2-3,7-8H2,1H3. The lowest BCUT2D eigenvalue weighted by Crippen LogP contribution is -2.38. The highest BCUT2D eigenvalue weighted by Gasteiger charge is 2.44. The molecule has 0 amide bonds. The van der Waals surface area contributed by atoms with Gasteiger partial charge in [0.1, 0.15) is 0 Å². The molecule has 4 heteroatoms. The zero-order chi connectivity index (χ0) is 11.9. The van der Waals surface area contributed by atoms with Gasteiger partial charge in [0.05, 0.1) is 24.9 Å². The lowest BCUT2D eigenvalue weighted by molar-refractivity contribution is -0.115. The molecule has 1 N–H and O–H groups in total. The average molecular weight is 235 g/mol. The summed E-state index contributed by atoms with van der Waals surface area (Å²) in [4.78, 5) is 4.07. The molecule has 2 atom stereocenters. The van der Waals surface area contributed by atoms with Crippen LogP contribution in [-0.4, -0.2) is 29.4 Å². The molecule has 2 aliphatic rings. The maximum absolute atomic E-state index is 10.8. The van der Waals surface area contributed by atoms with Crippen LogP contribution >= 0.6 is 0 Å². The molecule has 2 bridgehead atoms. The van der Waals surface area contributed by atoms with E-state index in [2.05, 4.69) is 4.98 Å². The normalized spacial score (nSPS) is 35.9. The smallest absolute Gasteiger partial charge is 0.213 e. The molecule has 2 aliphatic heterocycles. The Morgan fingerprint density at radius 3 is 2.76 bits per heavy atom. The van der Waals surface area contributed by atoms with Crippen molar-refractivity contribution in [1.29, 1.82) is 0 Å². The summed E-state index contributed by atoms with van der Waals surface area (Å²) in [7, 11) is 1.59. The lowest BCUT2D eigenvalue weighted by Gasteiger charge is -2.36. The van der Waals surface area contributed by atoms with Gasteiger partial charge in [-0.25, -0.2) is 4.98 Å². The van der Waals surface area contributed by atoms with Crippen molar-refractivity contribution in [2.24, 2.45) is 0 Å². The van der Waals surface area contributed by atoms with Gasteiger partial charge >= 0.3 is 0 Å². The monoisotopic (exact) mass is 235 g/mol. The molecule has 0 saturated carbocycles. The summed E-state index contributed by atoms with van der Waals surface area (Å²) < 4.78 is 10.9. The Morgan fingerprint density at radius 2 is 2.12 bits per heavy atom. The first-order valence-corrected chi connectivity index (χ1v) is 6.08. The van der Waals surface area contributed by atoms with Crippen LogP contribution in [0.4, 0.5) is 0 Å². The second-order valence-electron chi connectivity index (χ2n) is 4.98. The summed E-state index contributed by atoms with van der Waals surface area (Å²) >= 11 is 0. The highest BCUT2D eigenvalue weighted by Crippen LogP contribution is 2.44. The van der Waals surface area contributed by atoms with Gasteiger partial charge in [0.2, 0.25) is 5.88 Å². The minimum absolute atomic E-state index is 0.206. The number of methoxy groups -OCH3 is 1. The van der Waals surface area contributed by atoms with Crippen molar-refractivity contribution in [3.8, 4) is 5.88 Å². The van der Waals surface area contributed by atoms with E-state index in [-0.39, 0.29) is 12.2 Å². The quantitative estimate of drug-likeness (QED) is 0.846. The van der Waals surface area contributed by atoms with E-state index in [9.17, 15) is 5.11 Å². The first-order chi connectivity index (χ1) is 8.19. The summed E-state index contributed by atoms with van der Waals surface area (Å²) in [6.45, 7) is 0. The van der Waals surface area contributed by atoms with Crippen molar-refractivity contribution in [3.63, 3.8) is 0 Å². The van der Waals surface area contributed by atoms with Gasteiger partial charge in [-0.15, -0.1) is 0 Å². The predicted molar refractivity (Wildman–Crippen MR) is 61.8 cm³/mol. The maximum Gasteiger partial charge on any atom is 0.213 e. The van der Waals surface area contributed by atoms with E-state index in [0.717, 1.165) is 18.4 Å². The van der Waals surface area contributed by atoms with Crippen LogP contribution in [-0.2, 0) is 10.3 Å². The van der Waals surface area contributed by atoms with E-state index >= 15 is 0 Å². The van der Waals surface area contributed by atoms with Crippen LogP contribution < -0.4 is 4.74 Å². The van der Waals surface area contributed by atoms with Crippen molar-refractivity contribution in [2.75, 3.05) is 7.11 Å². The third kappa shape index (κ3) is 1.91. The van der Waals surface area contributed by atoms with Gasteiger partial charge in [-0.05, 0) is 24.5 Å². The van der Waals surface area contributed by atoms with E-state index in [0.29, 0.717) is 18.7 Å². The molecular weight excluding hydrogens is 218 g/mol. The van der Waals surface area contributed by atoms with Crippen LogP contribution in [0.25, 0.3) is 0 Å². The van der Waals surface area contributed by atoms with Gasteiger partial charge in [-0.3, -0.25) is 0 Å². The van der Waals surface area contributed by atoms with Crippen LogP contribution in [0.1, 0.15) is 31.2 Å². The molecule has 0 spiro atoms. The lowest BCUT2D eigenvalue weighted by atomic mass is 9.84. The first kappa shape index (κ1) is 11.0. The SMILES string of the molecule is COc1cc(C2(O)CC3CCC(C2)O3)ccn1. The van der Waals surface area contributed by atoms with Crippen molar-refractivity contribution in [2.45, 2.75) is 43.5 Å². The Bertz CT molecular complexity index is 409. The zero-order valence-electron chi connectivity index (χ0n) is 9.93. The summed E-state index contributed by atoms with van der Waals surface area (Å²) in [6, 6.07) is 3.69. The fourth-order valence-corrected chi connectivity index (χ4v) is 2.96. The molecule has 0 radical (unpaired) electrons. The van der Waals surface area contributed by atoms with Gasteiger partial charge in [0.25, 0.3) is 0 Å². The molecule has 2 fully saturated rings. The van der Waals surface area contributed by atoms with E-state index in [1.807, 2.05) is 12.1 Å². The number of pyridine rings is 1. The zero-order valence-corrected chi connectivity index (χ0v) is 9.93. The molecule has 2 unspecified atom stereocenters. The molecule has 1 aromatic rings. The van der Waals surface area contributed by atoms with Crippen LogP contribution in [0.5, 0.6) is 5.88 Å². The third-order valence-electron chi connectivity index (χ3n) is 3.81. The van der Waals surface area contributed by atoms with Crippen molar-refractivity contribution >= 4 is 0 Å². The van der Waals surface area contributed by atoms with E-state index in [4.69, 9.17) is 9.47 Å². The molecule has 0 aliphatic carbocycles. The van der Waals surface area contributed by atoms with E-state index in [1.54, 1.807) is 13.3 Å². The number of aromatic nitrogens is 1. The van der Waals surface area contributed by atoms with Gasteiger partial charge in [-0.1, -0.05) is 0 Å². The molecule has 92 valence electrons.